The van der Waals surface area contributed by atoms with Crippen LogP contribution < -0.4 is 0 Å². The third kappa shape index (κ3) is 4.64. The molecule has 6 nitrogen and oxygen atoms in total. The molecular weight excluding hydrogens is 288 g/mol. The maximum Gasteiger partial charge on any atom is 0.331 e. The molecule has 2 aliphatic heterocycles. The van der Waals surface area contributed by atoms with E-state index in [4.69, 9.17) is 14.2 Å². The average molecular weight is 312 g/mol. The molecule has 0 saturated carbocycles. The van der Waals surface area contributed by atoms with Gasteiger partial charge in [-0.15, -0.1) is 0 Å². The van der Waals surface area contributed by atoms with Crippen molar-refractivity contribution in [3.63, 3.8) is 0 Å². The van der Waals surface area contributed by atoms with E-state index in [1.54, 1.807) is 12.2 Å². The molecule has 6 heteroatoms. The molecule has 1 saturated heterocycles. The lowest BCUT2D eigenvalue weighted by Gasteiger charge is -2.28. The highest BCUT2D eigenvalue weighted by molar-refractivity contribution is 5.82. The van der Waals surface area contributed by atoms with Gasteiger partial charge in [-0.05, 0) is 26.8 Å². The van der Waals surface area contributed by atoms with Crippen LogP contribution in [0.15, 0.2) is 24.3 Å². The molecule has 0 aliphatic carbocycles. The third-order valence-corrected chi connectivity index (χ3v) is 3.77. The standard InChI is InChI=1S/C16H24O6/c1-15(2)20-10-12(22-15)9-13(17)16(3,19)8-7-11-5-4-6-14(18)21-11/h4,6-8,11-13,17,19H,5,9-10H2,1-3H3/t11-,12-,13-,16-/m1/s1. The third-order valence-electron chi connectivity index (χ3n) is 3.77. The molecule has 0 spiro atoms. The van der Waals surface area contributed by atoms with E-state index in [1.807, 2.05) is 13.8 Å². The van der Waals surface area contributed by atoms with Crippen LogP contribution in [0.2, 0.25) is 0 Å². The van der Waals surface area contributed by atoms with Crippen LogP contribution in [0.5, 0.6) is 0 Å². The number of aliphatic hydroxyl groups is 2. The fraction of sp³-hybridized carbons (Fsp3) is 0.688. The second kappa shape index (κ2) is 6.50. The number of carbonyl (C=O) groups excluding carboxylic acids is 1. The Hall–Kier alpha value is -1.21. The topological polar surface area (TPSA) is 85.2 Å². The van der Waals surface area contributed by atoms with E-state index < -0.39 is 29.6 Å². The number of cyclic esters (lactones) is 1. The largest absolute Gasteiger partial charge is 0.455 e. The van der Waals surface area contributed by atoms with E-state index in [9.17, 15) is 15.0 Å². The van der Waals surface area contributed by atoms with Crippen molar-refractivity contribution < 1.29 is 29.2 Å². The summed E-state index contributed by atoms with van der Waals surface area (Å²) in [5.41, 5.74) is -1.44. The molecule has 0 bridgehead atoms. The van der Waals surface area contributed by atoms with E-state index in [2.05, 4.69) is 0 Å². The first-order valence-corrected chi connectivity index (χ1v) is 7.47. The van der Waals surface area contributed by atoms with Crippen LogP contribution in [0.1, 0.15) is 33.6 Å². The molecule has 2 aliphatic rings. The first kappa shape index (κ1) is 17.1. The van der Waals surface area contributed by atoms with Crippen molar-refractivity contribution in [3.8, 4) is 0 Å². The van der Waals surface area contributed by atoms with Crippen LogP contribution in [-0.4, -0.2) is 52.5 Å². The Morgan fingerprint density at radius 3 is 2.86 bits per heavy atom. The van der Waals surface area contributed by atoms with Crippen molar-refractivity contribution in [2.45, 2.75) is 63.3 Å². The zero-order valence-corrected chi connectivity index (χ0v) is 13.2. The second-order valence-electron chi connectivity index (χ2n) is 6.40. The Balaban J connectivity index is 1.88. The van der Waals surface area contributed by atoms with Gasteiger partial charge in [-0.3, -0.25) is 0 Å². The maximum absolute atomic E-state index is 11.1. The molecular formula is C16H24O6. The van der Waals surface area contributed by atoms with Crippen molar-refractivity contribution in [2.75, 3.05) is 6.61 Å². The number of aliphatic hydroxyl groups excluding tert-OH is 1. The van der Waals surface area contributed by atoms with Crippen LogP contribution >= 0.6 is 0 Å². The lowest BCUT2D eigenvalue weighted by Crippen LogP contribution is -2.40. The predicted molar refractivity (Wildman–Crippen MR) is 78.9 cm³/mol. The monoisotopic (exact) mass is 312 g/mol. The van der Waals surface area contributed by atoms with E-state index in [0.717, 1.165) is 0 Å². The number of hydrogen-bond acceptors (Lipinski definition) is 6. The van der Waals surface area contributed by atoms with E-state index >= 15 is 0 Å². The number of hydrogen-bond donors (Lipinski definition) is 2. The smallest absolute Gasteiger partial charge is 0.331 e. The highest BCUT2D eigenvalue weighted by Gasteiger charge is 2.37. The van der Waals surface area contributed by atoms with Gasteiger partial charge in [0.05, 0.1) is 18.8 Å². The fourth-order valence-electron chi connectivity index (χ4n) is 2.43. The van der Waals surface area contributed by atoms with Gasteiger partial charge in [-0.1, -0.05) is 12.2 Å². The minimum atomic E-state index is -1.44. The van der Waals surface area contributed by atoms with Gasteiger partial charge in [0.1, 0.15) is 11.7 Å². The van der Waals surface area contributed by atoms with Crippen LogP contribution in [0.25, 0.3) is 0 Å². The second-order valence-corrected chi connectivity index (χ2v) is 6.40. The summed E-state index contributed by atoms with van der Waals surface area (Å²) in [4.78, 5) is 11.1. The van der Waals surface area contributed by atoms with Gasteiger partial charge in [0.2, 0.25) is 0 Å². The molecule has 2 N–H and O–H groups in total. The van der Waals surface area contributed by atoms with Gasteiger partial charge in [0.15, 0.2) is 5.79 Å². The minimum Gasteiger partial charge on any atom is -0.455 e. The Morgan fingerprint density at radius 2 is 2.27 bits per heavy atom. The highest BCUT2D eigenvalue weighted by Crippen LogP contribution is 2.27. The van der Waals surface area contributed by atoms with Gasteiger partial charge >= 0.3 is 5.97 Å². The summed E-state index contributed by atoms with van der Waals surface area (Å²) in [7, 11) is 0. The summed E-state index contributed by atoms with van der Waals surface area (Å²) in [5.74, 6) is -1.06. The first-order valence-electron chi connectivity index (χ1n) is 7.47. The normalized spacial score (nSPS) is 32.0. The molecule has 1 fully saturated rings. The molecule has 0 aromatic rings. The Morgan fingerprint density at radius 1 is 1.55 bits per heavy atom. The molecule has 0 unspecified atom stereocenters. The molecule has 4 atom stereocenters. The quantitative estimate of drug-likeness (QED) is 0.583. The predicted octanol–water partition coefficient (Wildman–Crippen LogP) is 1.07. The van der Waals surface area contributed by atoms with Crippen molar-refractivity contribution in [1.29, 1.82) is 0 Å². The van der Waals surface area contributed by atoms with E-state index in [-0.39, 0.29) is 12.5 Å². The van der Waals surface area contributed by atoms with Crippen molar-refractivity contribution >= 4 is 5.97 Å². The maximum atomic E-state index is 11.1. The molecule has 0 amide bonds. The molecule has 2 heterocycles. The van der Waals surface area contributed by atoms with Crippen LogP contribution in [-0.2, 0) is 19.0 Å². The van der Waals surface area contributed by atoms with E-state index in [1.165, 1.54) is 19.1 Å². The SMILES string of the molecule is CC1(C)OC[C@@H](C[C@@H](O)[C@](C)(O)C=C[C@H]2CC=CC(=O)O2)O1. The van der Waals surface area contributed by atoms with Crippen LogP contribution in [0, 0.1) is 0 Å². The Kier molecular flexibility index (Phi) is 5.07. The number of rotatable bonds is 5. The fourth-order valence-corrected chi connectivity index (χ4v) is 2.43. The molecule has 0 radical (unpaired) electrons. The first-order chi connectivity index (χ1) is 10.2. The summed E-state index contributed by atoms with van der Waals surface area (Å²) in [6, 6.07) is 0. The van der Waals surface area contributed by atoms with Crippen LogP contribution in [0.4, 0.5) is 0 Å². The number of ether oxygens (including phenoxy) is 3. The van der Waals surface area contributed by atoms with Crippen molar-refractivity contribution in [3.05, 3.63) is 24.3 Å². The molecule has 0 aromatic heterocycles. The van der Waals surface area contributed by atoms with Gasteiger partial charge in [-0.2, -0.15) is 0 Å². The van der Waals surface area contributed by atoms with Gasteiger partial charge in [0, 0.05) is 18.9 Å². The van der Waals surface area contributed by atoms with Gasteiger partial charge in [0.25, 0.3) is 0 Å². The van der Waals surface area contributed by atoms with Crippen molar-refractivity contribution in [2.24, 2.45) is 0 Å². The molecule has 22 heavy (non-hydrogen) atoms. The number of esters is 1. The van der Waals surface area contributed by atoms with Gasteiger partial charge < -0.3 is 24.4 Å². The summed E-state index contributed by atoms with van der Waals surface area (Å²) in [5, 5.41) is 20.6. The van der Waals surface area contributed by atoms with Crippen LogP contribution in [0.3, 0.4) is 0 Å². The summed E-state index contributed by atoms with van der Waals surface area (Å²) in [6.07, 6.45) is 5.28. The zero-order valence-electron chi connectivity index (χ0n) is 13.2. The Bertz CT molecular complexity index is 465. The molecule has 124 valence electrons. The van der Waals surface area contributed by atoms with Crippen molar-refractivity contribution in [1.82, 2.24) is 0 Å². The number of carbonyl (C=O) groups is 1. The lowest BCUT2D eigenvalue weighted by molar-refractivity contribution is -0.145. The summed E-state index contributed by atoms with van der Waals surface area (Å²) in [6.45, 7) is 5.51. The summed E-state index contributed by atoms with van der Waals surface area (Å²) >= 11 is 0. The Labute approximate surface area is 130 Å². The molecule has 2 rings (SSSR count). The van der Waals surface area contributed by atoms with E-state index in [0.29, 0.717) is 13.0 Å². The average Bonchev–Trinajstić information content (AvgIpc) is 2.76. The lowest BCUT2D eigenvalue weighted by atomic mass is 9.93. The minimum absolute atomic E-state index is 0.255. The highest BCUT2D eigenvalue weighted by atomic mass is 16.7. The molecule has 0 aromatic carbocycles. The zero-order chi connectivity index (χ0) is 16.4. The summed E-state index contributed by atoms with van der Waals surface area (Å²) < 4.78 is 16.1. The van der Waals surface area contributed by atoms with Gasteiger partial charge in [-0.25, -0.2) is 4.79 Å².